The van der Waals surface area contributed by atoms with Gasteiger partial charge in [-0.15, -0.1) is 0 Å². The molecule has 1 aliphatic carbocycles. The molecule has 1 unspecified atom stereocenters. The van der Waals surface area contributed by atoms with E-state index in [1.165, 1.54) is 0 Å². The zero-order valence-electron chi connectivity index (χ0n) is 8.62. The van der Waals surface area contributed by atoms with Gasteiger partial charge in [0, 0.05) is 19.8 Å². The predicted molar refractivity (Wildman–Crippen MR) is 52.4 cm³/mol. The third-order valence-corrected chi connectivity index (χ3v) is 3.44. The number of methoxy groups -OCH3 is 1. The Kier molecular flexibility index (Phi) is 3.71. The maximum absolute atomic E-state index is 8.97. The van der Waals surface area contributed by atoms with Crippen molar-refractivity contribution >= 4 is 0 Å². The van der Waals surface area contributed by atoms with Crippen LogP contribution >= 0.6 is 0 Å². The summed E-state index contributed by atoms with van der Waals surface area (Å²) in [5, 5.41) is 8.97. The molecule has 13 heavy (non-hydrogen) atoms. The molecule has 0 aliphatic heterocycles. The summed E-state index contributed by atoms with van der Waals surface area (Å²) in [6.07, 6.45) is 4.19. The van der Waals surface area contributed by atoms with Gasteiger partial charge in [0.05, 0.1) is 6.10 Å². The van der Waals surface area contributed by atoms with Gasteiger partial charge in [-0.2, -0.15) is 0 Å². The lowest BCUT2D eigenvalue weighted by atomic mass is 9.60. The van der Waals surface area contributed by atoms with Gasteiger partial charge in [-0.1, -0.05) is 6.92 Å². The lowest BCUT2D eigenvalue weighted by Gasteiger charge is -2.50. The SMILES string of the molecule is CCC(N)C1(CCO)CC(OC)C1. The fourth-order valence-electron chi connectivity index (χ4n) is 2.36. The number of aliphatic hydroxyl groups is 1. The van der Waals surface area contributed by atoms with E-state index in [0.29, 0.717) is 6.10 Å². The van der Waals surface area contributed by atoms with Gasteiger partial charge < -0.3 is 15.6 Å². The zero-order chi connectivity index (χ0) is 9.90. The van der Waals surface area contributed by atoms with E-state index in [4.69, 9.17) is 15.6 Å². The Hall–Kier alpha value is -0.120. The van der Waals surface area contributed by atoms with Crippen LogP contribution in [0.1, 0.15) is 32.6 Å². The van der Waals surface area contributed by atoms with Crippen molar-refractivity contribution in [1.29, 1.82) is 0 Å². The Labute approximate surface area is 80.3 Å². The molecule has 3 heteroatoms. The molecule has 1 rings (SSSR count). The molecule has 0 aromatic heterocycles. The molecule has 1 saturated carbocycles. The molecule has 0 aromatic carbocycles. The predicted octanol–water partition coefficient (Wildman–Crippen LogP) is 0.901. The Bertz CT molecular complexity index is 155. The van der Waals surface area contributed by atoms with E-state index in [9.17, 15) is 0 Å². The van der Waals surface area contributed by atoms with Gasteiger partial charge in [0.1, 0.15) is 0 Å². The van der Waals surface area contributed by atoms with Gasteiger partial charge in [0.2, 0.25) is 0 Å². The fraction of sp³-hybridized carbons (Fsp3) is 1.00. The highest BCUT2D eigenvalue weighted by atomic mass is 16.5. The summed E-state index contributed by atoms with van der Waals surface area (Å²) >= 11 is 0. The first-order valence-corrected chi connectivity index (χ1v) is 5.07. The minimum absolute atomic E-state index is 0.157. The summed E-state index contributed by atoms with van der Waals surface area (Å²) in [7, 11) is 1.74. The Morgan fingerprint density at radius 2 is 2.23 bits per heavy atom. The Morgan fingerprint density at radius 1 is 1.62 bits per heavy atom. The number of hydrogen-bond donors (Lipinski definition) is 2. The highest BCUT2D eigenvalue weighted by molar-refractivity contribution is 5.00. The van der Waals surface area contributed by atoms with Crippen molar-refractivity contribution in [1.82, 2.24) is 0 Å². The van der Waals surface area contributed by atoms with E-state index >= 15 is 0 Å². The van der Waals surface area contributed by atoms with Crippen molar-refractivity contribution in [2.24, 2.45) is 11.1 Å². The quantitative estimate of drug-likeness (QED) is 0.672. The normalized spacial score (nSPS) is 35.5. The average Bonchev–Trinajstić information content (AvgIpc) is 2.09. The van der Waals surface area contributed by atoms with Crippen LogP contribution in [0, 0.1) is 5.41 Å². The first-order chi connectivity index (χ1) is 6.18. The molecule has 1 atom stereocenters. The van der Waals surface area contributed by atoms with Crippen molar-refractivity contribution in [3.8, 4) is 0 Å². The third kappa shape index (κ3) is 2.03. The maximum Gasteiger partial charge on any atom is 0.0583 e. The molecule has 1 aliphatic rings. The molecule has 0 heterocycles. The van der Waals surface area contributed by atoms with E-state index in [2.05, 4.69) is 6.92 Å². The van der Waals surface area contributed by atoms with Crippen LogP contribution in [0.25, 0.3) is 0 Å². The molecule has 0 aromatic rings. The van der Waals surface area contributed by atoms with Gasteiger partial charge in [-0.3, -0.25) is 0 Å². The van der Waals surface area contributed by atoms with E-state index < -0.39 is 0 Å². The first-order valence-electron chi connectivity index (χ1n) is 5.07. The molecular formula is C10H21NO2. The third-order valence-electron chi connectivity index (χ3n) is 3.44. The Morgan fingerprint density at radius 3 is 2.62 bits per heavy atom. The minimum atomic E-state index is 0.157. The molecule has 0 bridgehead atoms. The van der Waals surface area contributed by atoms with Gasteiger partial charge in [-0.05, 0) is 31.1 Å². The summed E-state index contributed by atoms with van der Waals surface area (Å²) in [4.78, 5) is 0. The highest BCUT2D eigenvalue weighted by Gasteiger charge is 2.47. The molecule has 0 saturated heterocycles. The van der Waals surface area contributed by atoms with E-state index in [1.807, 2.05) is 0 Å². The van der Waals surface area contributed by atoms with Gasteiger partial charge in [0.25, 0.3) is 0 Å². The Balaban J connectivity index is 2.48. The van der Waals surface area contributed by atoms with Gasteiger partial charge >= 0.3 is 0 Å². The number of hydrogen-bond acceptors (Lipinski definition) is 3. The molecule has 0 spiro atoms. The molecular weight excluding hydrogens is 166 g/mol. The lowest BCUT2D eigenvalue weighted by Crippen LogP contribution is -2.53. The fourth-order valence-corrected chi connectivity index (χ4v) is 2.36. The molecule has 3 N–H and O–H groups in total. The second-order valence-corrected chi connectivity index (χ2v) is 4.12. The van der Waals surface area contributed by atoms with Crippen LogP contribution in [0.3, 0.4) is 0 Å². The smallest absolute Gasteiger partial charge is 0.0583 e. The maximum atomic E-state index is 8.97. The van der Waals surface area contributed by atoms with Crippen molar-refractivity contribution in [3.63, 3.8) is 0 Å². The van der Waals surface area contributed by atoms with Crippen LogP contribution in [-0.4, -0.2) is 31.0 Å². The number of nitrogens with two attached hydrogens (primary N) is 1. The average molecular weight is 187 g/mol. The van der Waals surface area contributed by atoms with Crippen LogP contribution in [0.5, 0.6) is 0 Å². The summed E-state index contributed by atoms with van der Waals surface area (Å²) in [5.41, 5.74) is 6.21. The highest BCUT2D eigenvalue weighted by Crippen LogP contribution is 2.48. The largest absolute Gasteiger partial charge is 0.396 e. The van der Waals surface area contributed by atoms with Crippen LogP contribution in [0.2, 0.25) is 0 Å². The van der Waals surface area contributed by atoms with Crippen molar-refractivity contribution < 1.29 is 9.84 Å². The summed E-state index contributed by atoms with van der Waals surface area (Å²) in [5.74, 6) is 0. The molecule has 78 valence electrons. The van der Waals surface area contributed by atoms with Crippen molar-refractivity contribution in [3.05, 3.63) is 0 Å². The molecule has 0 radical (unpaired) electrons. The van der Waals surface area contributed by atoms with Crippen LogP contribution < -0.4 is 5.73 Å². The van der Waals surface area contributed by atoms with Crippen LogP contribution in [0.15, 0.2) is 0 Å². The lowest BCUT2D eigenvalue weighted by molar-refractivity contribution is -0.0829. The van der Waals surface area contributed by atoms with Gasteiger partial charge in [0.15, 0.2) is 0 Å². The summed E-state index contributed by atoms with van der Waals surface area (Å²) in [6.45, 7) is 2.34. The zero-order valence-corrected chi connectivity index (χ0v) is 8.62. The van der Waals surface area contributed by atoms with Crippen LogP contribution in [-0.2, 0) is 4.74 Å². The molecule has 3 nitrogen and oxygen atoms in total. The molecule has 0 amide bonds. The van der Waals surface area contributed by atoms with E-state index in [-0.39, 0.29) is 18.1 Å². The van der Waals surface area contributed by atoms with Crippen LogP contribution in [0.4, 0.5) is 0 Å². The number of aliphatic hydroxyl groups excluding tert-OH is 1. The number of ether oxygens (including phenoxy) is 1. The second kappa shape index (κ2) is 4.40. The summed E-state index contributed by atoms with van der Waals surface area (Å²) in [6, 6.07) is 0.214. The first kappa shape index (κ1) is 11.0. The van der Waals surface area contributed by atoms with Crippen molar-refractivity contribution in [2.75, 3.05) is 13.7 Å². The standard InChI is InChI=1S/C10H21NO2/c1-3-9(11)10(4-5-12)6-8(7-10)13-2/h8-9,12H,3-7,11H2,1-2H3. The molecule has 1 fully saturated rings. The summed E-state index contributed by atoms with van der Waals surface area (Å²) < 4.78 is 5.25. The topological polar surface area (TPSA) is 55.5 Å². The second-order valence-electron chi connectivity index (χ2n) is 4.12. The van der Waals surface area contributed by atoms with Crippen molar-refractivity contribution in [2.45, 2.75) is 44.8 Å². The minimum Gasteiger partial charge on any atom is -0.396 e. The monoisotopic (exact) mass is 187 g/mol. The number of rotatable bonds is 5. The van der Waals surface area contributed by atoms with E-state index in [0.717, 1.165) is 25.7 Å². The van der Waals surface area contributed by atoms with Gasteiger partial charge in [-0.25, -0.2) is 0 Å². The van der Waals surface area contributed by atoms with E-state index in [1.54, 1.807) is 7.11 Å².